The Morgan fingerprint density at radius 1 is 1.43 bits per heavy atom. The van der Waals surface area contributed by atoms with Crippen molar-refractivity contribution in [3.05, 3.63) is 34.9 Å². The number of hydrogen-bond donors (Lipinski definition) is 0. The van der Waals surface area contributed by atoms with Gasteiger partial charge in [-0.2, -0.15) is 18.4 Å². The van der Waals surface area contributed by atoms with Gasteiger partial charge in [-0.3, -0.25) is 0 Å². The number of nitrogens with zero attached hydrogens (tertiary/aromatic N) is 1. The number of alkyl halides is 3. The normalized spacial score (nSPS) is 17.5. The van der Waals surface area contributed by atoms with E-state index in [4.69, 9.17) is 5.26 Å². The minimum Gasteiger partial charge on any atom is -0.192 e. The zero-order chi connectivity index (χ0) is 10.8. The molecule has 1 aliphatic rings. The van der Waals surface area contributed by atoms with Crippen molar-refractivity contribution < 1.29 is 13.2 Å². The van der Waals surface area contributed by atoms with E-state index < -0.39 is 11.7 Å². The number of allylic oxidation sites excluding steroid dienone is 6. The van der Waals surface area contributed by atoms with Gasteiger partial charge in [0.1, 0.15) is 0 Å². The van der Waals surface area contributed by atoms with Crippen molar-refractivity contribution in [2.24, 2.45) is 0 Å². The van der Waals surface area contributed by atoms with E-state index in [2.05, 4.69) is 0 Å². The molecule has 0 aromatic heterocycles. The molecule has 0 saturated carbocycles. The van der Waals surface area contributed by atoms with Gasteiger partial charge in [-0.1, -0.05) is 11.6 Å². The van der Waals surface area contributed by atoms with Crippen LogP contribution in [0.25, 0.3) is 0 Å². The van der Waals surface area contributed by atoms with Crippen LogP contribution in [0.1, 0.15) is 13.3 Å². The van der Waals surface area contributed by atoms with Gasteiger partial charge in [0.25, 0.3) is 0 Å². The number of halogens is 3. The highest BCUT2D eigenvalue weighted by molar-refractivity contribution is 5.48. The molecule has 0 aromatic carbocycles. The van der Waals surface area contributed by atoms with Crippen LogP contribution in [-0.2, 0) is 0 Å². The second-order valence-electron chi connectivity index (χ2n) is 3.03. The van der Waals surface area contributed by atoms with Gasteiger partial charge in [-0.05, 0) is 25.5 Å². The Morgan fingerprint density at radius 3 is 2.57 bits per heavy atom. The van der Waals surface area contributed by atoms with Crippen LogP contribution < -0.4 is 0 Å². The van der Waals surface area contributed by atoms with Crippen LogP contribution in [0.2, 0.25) is 0 Å². The van der Waals surface area contributed by atoms with Crippen molar-refractivity contribution in [2.75, 3.05) is 0 Å². The average molecular weight is 199 g/mol. The van der Waals surface area contributed by atoms with Gasteiger partial charge in [-0.25, -0.2) is 0 Å². The molecule has 0 bridgehead atoms. The van der Waals surface area contributed by atoms with E-state index in [-0.39, 0.29) is 5.57 Å². The molecule has 14 heavy (non-hydrogen) atoms. The first-order valence-electron chi connectivity index (χ1n) is 4.00. The average Bonchev–Trinajstić information content (AvgIpc) is 2.25. The second-order valence-corrected chi connectivity index (χ2v) is 3.03. The van der Waals surface area contributed by atoms with Gasteiger partial charge in [-0.15, -0.1) is 0 Å². The van der Waals surface area contributed by atoms with Gasteiger partial charge < -0.3 is 0 Å². The molecule has 1 rings (SSSR count). The first kappa shape index (κ1) is 10.6. The molecule has 0 amide bonds. The van der Waals surface area contributed by atoms with E-state index >= 15 is 0 Å². The molecule has 0 fully saturated rings. The number of hydrogen-bond acceptors (Lipinski definition) is 1. The zero-order valence-electron chi connectivity index (χ0n) is 7.52. The van der Waals surface area contributed by atoms with E-state index in [1.54, 1.807) is 19.1 Å². The molecule has 0 unspecified atom stereocenters. The maximum atomic E-state index is 12.4. The smallest absolute Gasteiger partial charge is 0.192 e. The van der Waals surface area contributed by atoms with Crippen LogP contribution >= 0.6 is 0 Å². The Morgan fingerprint density at radius 2 is 2.07 bits per heavy atom. The van der Waals surface area contributed by atoms with E-state index in [0.717, 1.165) is 6.08 Å². The van der Waals surface area contributed by atoms with Gasteiger partial charge >= 0.3 is 6.18 Å². The summed E-state index contributed by atoms with van der Waals surface area (Å²) in [7, 11) is 0. The highest BCUT2D eigenvalue weighted by Gasteiger charge is 2.34. The second kappa shape index (κ2) is 3.70. The summed E-state index contributed by atoms with van der Waals surface area (Å²) in [6.07, 6.45) is -0.205. The third-order valence-corrected chi connectivity index (χ3v) is 1.83. The summed E-state index contributed by atoms with van der Waals surface area (Å²) in [5, 5.41) is 8.55. The topological polar surface area (TPSA) is 23.8 Å². The molecule has 0 N–H and O–H groups in total. The SMILES string of the molecule is CC1=CC(C(F)(F)F)=C(C#N)C=CC1. The third-order valence-electron chi connectivity index (χ3n) is 1.83. The standard InChI is InChI=1S/C10H8F3N/c1-7-3-2-4-8(6-14)9(5-7)10(11,12)13/h2,4-5H,3H2,1H3. The summed E-state index contributed by atoms with van der Waals surface area (Å²) in [5.41, 5.74) is -0.584. The molecule has 0 aliphatic heterocycles. The predicted octanol–water partition coefficient (Wildman–Crippen LogP) is 3.28. The third kappa shape index (κ3) is 2.25. The van der Waals surface area contributed by atoms with E-state index in [0.29, 0.717) is 12.0 Å². The lowest BCUT2D eigenvalue weighted by Gasteiger charge is -2.08. The summed E-state index contributed by atoms with van der Waals surface area (Å²) < 4.78 is 37.3. The quantitative estimate of drug-likeness (QED) is 0.587. The van der Waals surface area contributed by atoms with Gasteiger partial charge in [0, 0.05) is 0 Å². The number of nitriles is 1. The highest BCUT2D eigenvalue weighted by Crippen LogP contribution is 2.32. The van der Waals surface area contributed by atoms with Crippen molar-refractivity contribution in [1.82, 2.24) is 0 Å². The van der Waals surface area contributed by atoms with Crippen molar-refractivity contribution in [2.45, 2.75) is 19.5 Å². The highest BCUT2D eigenvalue weighted by atomic mass is 19.4. The summed E-state index contributed by atoms with van der Waals surface area (Å²) >= 11 is 0. The van der Waals surface area contributed by atoms with Gasteiger partial charge in [0.05, 0.1) is 17.2 Å². The number of rotatable bonds is 0. The van der Waals surface area contributed by atoms with Crippen LogP contribution in [0.4, 0.5) is 13.2 Å². The Hall–Kier alpha value is -1.50. The summed E-state index contributed by atoms with van der Waals surface area (Å²) in [4.78, 5) is 0. The molecule has 0 saturated heterocycles. The maximum Gasteiger partial charge on any atom is 0.417 e. The first-order valence-corrected chi connectivity index (χ1v) is 4.00. The molecule has 0 aromatic rings. The molecular weight excluding hydrogens is 191 g/mol. The molecule has 1 nitrogen and oxygen atoms in total. The van der Waals surface area contributed by atoms with Crippen LogP contribution in [0.3, 0.4) is 0 Å². The molecular formula is C10H8F3N. The minimum atomic E-state index is -4.46. The van der Waals surface area contributed by atoms with Crippen LogP contribution in [-0.4, -0.2) is 6.18 Å². The lowest BCUT2D eigenvalue weighted by atomic mass is 10.1. The zero-order valence-corrected chi connectivity index (χ0v) is 7.52. The van der Waals surface area contributed by atoms with Gasteiger partial charge in [0.2, 0.25) is 0 Å². The summed E-state index contributed by atoms with van der Waals surface area (Å²) in [6, 6.07) is 1.55. The maximum absolute atomic E-state index is 12.4. The van der Waals surface area contributed by atoms with Gasteiger partial charge in [0.15, 0.2) is 0 Å². The lowest BCUT2D eigenvalue weighted by molar-refractivity contribution is -0.0886. The molecule has 0 atom stereocenters. The van der Waals surface area contributed by atoms with Crippen molar-refractivity contribution in [1.29, 1.82) is 5.26 Å². The monoisotopic (exact) mass is 199 g/mol. The largest absolute Gasteiger partial charge is 0.417 e. The van der Waals surface area contributed by atoms with Crippen LogP contribution in [0.15, 0.2) is 34.9 Å². The molecule has 74 valence electrons. The minimum absolute atomic E-state index is 0.325. The fourth-order valence-corrected chi connectivity index (χ4v) is 1.17. The molecule has 1 aliphatic carbocycles. The first-order chi connectivity index (χ1) is 6.45. The van der Waals surface area contributed by atoms with Crippen molar-refractivity contribution in [3.63, 3.8) is 0 Å². The summed E-state index contributed by atoms with van der Waals surface area (Å²) in [6.45, 7) is 1.61. The fourth-order valence-electron chi connectivity index (χ4n) is 1.17. The lowest BCUT2D eigenvalue weighted by Crippen LogP contribution is -2.12. The van der Waals surface area contributed by atoms with Crippen LogP contribution in [0, 0.1) is 11.3 Å². The summed E-state index contributed by atoms with van der Waals surface area (Å²) in [5.74, 6) is 0. The Bertz CT molecular complexity index is 364. The molecule has 4 heteroatoms. The molecule has 0 spiro atoms. The predicted molar refractivity (Wildman–Crippen MR) is 46.2 cm³/mol. The Kier molecular flexibility index (Phi) is 2.80. The molecule has 0 radical (unpaired) electrons. The fraction of sp³-hybridized carbons (Fsp3) is 0.300. The van der Waals surface area contributed by atoms with Crippen molar-refractivity contribution >= 4 is 0 Å². The van der Waals surface area contributed by atoms with E-state index in [1.165, 1.54) is 6.08 Å². The Balaban J connectivity index is 3.30. The van der Waals surface area contributed by atoms with Crippen LogP contribution in [0.5, 0.6) is 0 Å². The van der Waals surface area contributed by atoms with E-state index in [9.17, 15) is 13.2 Å². The van der Waals surface area contributed by atoms with Crippen molar-refractivity contribution in [3.8, 4) is 6.07 Å². The molecule has 0 heterocycles. The van der Waals surface area contributed by atoms with E-state index in [1.807, 2.05) is 0 Å². The Labute approximate surface area is 79.8 Å².